The van der Waals surface area contributed by atoms with Gasteiger partial charge in [0, 0.05) is 17.3 Å². The molecule has 11 heteroatoms. The summed E-state index contributed by atoms with van der Waals surface area (Å²) in [6, 6.07) is 1.63. The number of methoxy groups -OCH3 is 1. The molecule has 3 heterocycles. The van der Waals surface area contributed by atoms with Gasteiger partial charge in [-0.25, -0.2) is 9.59 Å². The van der Waals surface area contributed by atoms with E-state index in [9.17, 15) is 14.7 Å². The molecule has 3 aromatic heterocycles. The Morgan fingerprint density at radius 1 is 1.30 bits per heavy atom. The van der Waals surface area contributed by atoms with Crippen molar-refractivity contribution in [3.05, 3.63) is 33.0 Å². The standard InChI is InChI=1S/C22H28N4O5S2/c1-12(24-20(27)31-22(3,4)5)9-16-13(2)18-19(33-16)14(10-23-25-18)26(21(28)29)11-17-15(30-6)7-8-32-17/h7-8,10,12H,9,11H2,1-6H3,(H,24,27)(H,28,29). The molecular formula is C22H28N4O5S2. The Kier molecular flexibility index (Phi) is 7.43. The molecule has 0 aromatic carbocycles. The zero-order chi connectivity index (χ0) is 24.3. The van der Waals surface area contributed by atoms with E-state index in [0.29, 0.717) is 23.4 Å². The highest BCUT2D eigenvalue weighted by molar-refractivity contribution is 7.19. The number of nitrogens with zero attached hydrogens (tertiary/aromatic N) is 3. The molecule has 2 N–H and O–H groups in total. The topological polar surface area (TPSA) is 114 Å². The number of ether oxygens (including phenoxy) is 2. The SMILES string of the molecule is COc1ccsc1CN(C(=O)O)c1cnnc2c(C)c(CC(C)NC(=O)OC(C)(C)C)sc12. The van der Waals surface area contributed by atoms with E-state index in [1.54, 1.807) is 7.11 Å². The van der Waals surface area contributed by atoms with E-state index in [2.05, 4.69) is 15.5 Å². The Bertz CT molecular complexity index is 1150. The van der Waals surface area contributed by atoms with Crippen molar-refractivity contribution in [2.45, 2.75) is 59.2 Å². The minimum absolute atomic E-state index is 0.139. The molecule has 0 radical (unpaired) electrons. The monoisotopic (exact) mass is 492 g/mol. The van der Waals surface area contributed by atoms with Gasteiger partial charge in [0.05, 0.1) is 35.1 Å². The van der Waals surface area contributed by atoms with Crippen molar-refractivity contribution in [1.82, 2.24) is 15.5 Å². The number of carboxylic acid groups (broad SMARTS) is 1. The fourth-order valence-electron chi connectivity index (χ4n) is 3.29. The van der Waals surface area contributed by atoms with Gasteiger partial charge < -0.3 is 19.9 Å². The highest BCUT2D eigenvalue weighted by Gasteiger charge is 2.25. The number of aromatic nitrogens is 2. The molecular weight excluding hydrogens is 464 g/mol. The number of rotatable bonds is 7. The number of fused-ring (bicyclic) bond motifs is 1. The van der Waals surface area contributed by atoms with Crippen LogP contribution in [0.1, 0.15) is 43.0 Å². The molecule has 0 saturated carbocycles. The van der Waals surface area contributed by atoms with E-state index in [1.807, 2.05) is 46.1 Å². The summed E-state index contributed by atoms with van der Waals surface area (Å²) in [6.45, 7) is 9.40. The molecule has 0 bridgehead atoms. The molecule has 1 unspecified atom stereocenters. The van der Waals surface area contributed by atoms with Gasteiger partial charge in [-0.3, -0.25) is 4.90 Å². The fraction of sp³-hybridized carbons (Fsp3) is 0.455. The number of anilines is 1. The van der Waals surface area contributed by atoms with Crippen LogP contribution in [0.3, 0.4) is 0 Å². The minimum Gasteiger partial charge on any atom is -0.496 e. The van der Waals surface area contributed by atoms with E-state index < -0.39 is 17.8 Å². The number of nitrogens with one attached hydrogen (secondary N) is 1. The average molecular weight is 493 g/mol. The lowest BCUT2D eigenvalue weighted by molar-refractivity contribution is 0.0508. The van der Waals surface area contributed by atoms with Crippen molar-refractivity contribution in [3.63, 3.8) is 0 Å². The summed E-state index contributed by atoms with van der Waals surface area (Å²) in [5.74, 6) is 0.648. The molecule has 1 atom stereocenters. The van der Waals surface area contributed by atoms with E-state index >= 15 is 0 Å². The van der Waals surface area contributed by atoms with Crippen LogP contribution in [0.5, 0.6) is 5.75 Å². The lowest BCUT2D eigenvalue weighted by Gasteiger charge is -2.21. The molecule has 0 saturated heterocycles. The molecule has 0 aliphatic rings. The van der Waals surface area contributed by atoms with Gasteiger partial charge >= 0.3 is 12.2 Å². The first-order chi connectivity index (χ1) is 15.5. The Morgan fingerprint density at radius 3 is 2.67 bits per heavy atom. The second-order valence-electron chi connectivity index (χ2n) is 8.59. The maximum atomic E-state index is 12.2. The van der Waals surface area contributed by atoms with Crippen LogP contribution in [-0.4, -0.2) is 46.2 Å². The first-order valence-electron chi connectivity index (χ1n) is 10.3. The summed E-state index contributed by atoms with van der Waals surface area (Å²) in [6.07, 6.45) is 0.458. The summed E-state index contributed by atoms with van der Waals surface area (Å²) in [5, 5.41) is 23.0. The highest BCUT2D eigenvalue weighted by Crippen LogP contribution is 2.38. The smallest absolute Gasteiger partial charge is 0.412 e. The second kappa shape index (κ2) is 9.92. The molecule has 2 amide bonds. The summed E-state index contributed by atoms with van der Waals surface area (Å²) in [4.78, 5) is 27.3. The van der Waals surface area contributed by atoms with Crippen LogP contribution in [0.2, 0.25) is 0 Å². The number of hydrogen-bond acceptors (Lipinski definition) is 8. The summed E-state index contributed by atoms with van der Waals surface area (Å²) in [5.41, 5.74) is 1.46. The predicted molar refractivity (Wildman–Crippen MR) is 130 cm³/mol. The van der Waals surface area contributed by atoms with Crippen LogP contribution in [0.15, 0.2) is 17.6 Å². The normalized spacial score (nSPS) is 12.4. The largest absolute Gasteiger partial charge is 0.496 e. The Morgan fingerprint density at radius 2 is 2.03 bits per heavy atom. The first kappa shape index (κ1) is 24.7. The maximum absolute atomic E-state index is 12.2. The zero-order valence-electron chi connectivity index (χ0n) is 19.5. The molecule has 0 aliphatic carbocycles. The van der Waals surface area contributed by atoms with Crippen molar-refractivity contribution in [2.24, 2.45) is 0 Å². The van der Waals surface area contributed by atoms with Gasteiger partial charge in [-0.1, -0.05) is 0 Å². The molecule has 0 fully saturated rings. The lowest BCUT2D eigenvalue weighted by Crippen LogP contribution is -2.38. The third-order valence-corrected chi connectivity index (χ3v) is 7.00. The number of carbonyl (C=O) groups is 2. The lowest BCUT2D eigenvalue weighted by atomic mass is 10.1. The van der Waals surface area contributed by atoms with Gasteiger partial charge in [-0.2, -0.15) is 5.10 Å². The molecule has 9 nitrogen and oxygen atoms in total. The van der Waals surface area contributed by atoms with Crippen LogP contribution < -0.4 is 15.0 Å². The number of alkyl carbamates (subject to hydrolysis) is 1. The predicted octanol–water partition coefficient (Wildman–Crippen LogP) is 5.21. The number of carbonyl (C=O) groups excluding carboxylic acids is 1. The minimum atomic E-state index is -1.09. The van der Waals surface area contributed by atoms with Crippen molar-refractivity contribution in [3.8, 4) is 5.75 Å². The van der Waals surface area contributed by atoms with Crippen LogP contribution in [0.4, 0.5) is 15.3 Å². The fourth-order valence-corrected chi connectivity index (χ4v) is 5.51. The van der Waals surface area contributed by atoms with Gasteiger partial charge in [-0.15, -0.1) is 27.8 Å². The highest BCUT2D eigenvalue weighted by atomic mass is 32.1. The third kappa shape index (κ3) is 5.91. The van der Waals surface area contributed by atoms with Crippen LogP contribution in [0.25, 0.3) is 10.2 Å². The number of thiophene rings is 2. The molecule has 0 spiro atoms. The number of hydrogen-bond donors (Lipinski definition) is 2. The molecule has 3 rings (SSSR count). The quantitative estimate of drug-likeness (QED) is 0.465. The van der Waals surface area contributed by atoms with Gasteiger partial charge in [0.1, 0.15) is 16.9 Å². The zero-order valence-corrected chi connectivity index (χ0v) is 21.1. The summed E-state index contributed by atoms with van der Waals surface area (Å²) >= 11 is 2.89. The van der Waals surface area contributed by atoms with Gasteiger partial charge in [-0.05, 0) is 51.6 Å². The Hall–Kier alpha value is -2.92. The van der Waals surface area contributed by atoms with Crippen LogP contribution in [-0.2, 0) is 17.7 Å². The van der Waals surface area contributed by atoms with Gasteiger partial charge in [0.15, 0.2) is 0 Å². The summed E-state index contributed by atoms with van der Waals surface area (Å²) < 4.78 is 11.4. The van der Waals surface area contributed by atoms with Crippen molar-refractivity contribution < 1.29 is 24.2 Å². The first-order valence-corrected chi connectivity index (χ1v) is 12.0. The van der Waals surface area contributed by atoms with Crippen molar-refractivity contribution in [1.29, 1.82) is 0 Å². The third-order valence-electron chi connectivity index (χ3n) is 4.79. The van der Waals surface area contributed by atoms with Crippen molar-refractivity contribution in [2.75, 3.05) is 12.0 Å². The Balaban J connectivity index is 1.88. The number of aryl methyl sites for hydroxylation is 1. The van der Waals surface area contributed by atoms with Crippen LogP contribution in [0, 0.1) is 6.92 Å². The average Bonchev–Trinajstić information content (AvgIpc) is 3.28. The molecule has 3 aromatic rings. The molecule has 178 valence electrons. The molecule has 33 heavy (non-hydrogen) atoms. The van der Waals surface area contributed by atoms with Gasteiger partial charge in [0.25, 0.3) is 0 Å². The number of amides is 2. The van der Waals surface area contributed by atoms with E-state index in [0.717, 1.165) is 20.0 Å². The van der Waals surface area contributed by atoms with Crippen LogP contribution >= 0.6 is 22.7 Å². The van der Waals surface area contributed by atoms with Gasteiger partial charge in [0.2, 0.25) is 0 Å². The van der Waals surface area contributed by atoms with E-state index in [1.165, 1.54) is 33.8 Å². The van der Waals surface area contributed by atoms with E-state index in [4.69, 9.17) is 9.47 Å². The second-order valence-corrected chi connectivity index (χ2v) is 10.7. The Labute approximate surface area is 200 Å². The maximum Gasteiger partial charge on any atom is 0.412 e. The molecule has 0 aliphatic heterocycles. The summed E-state index contributed by atoms with van der Waals surface area (Å²) in [7, 11) is 1.56. The van der Waals surface area contributed by atoms with Crippen molar-refractivity contribution >= 4 is 50.8 Å². The van der Waals surface area contributed by atoms with E-state index in [-0.39, 0.29) is 12.6 Å².